The van der Waals surface area contributed by atoms with E-state index in [2.05, 4.69) is 41.8 Å². The van der Waals surface area contributed by atoms with E-state index >= 15 is 0 Å². The second-order valence-electron chi connectivity index (χ2n) is 5.00. The minimum absolute atomic E-state index is 0. The molecule has 1 aromatic carbocycles. The predicted molar refractivity (Wildman–Crippen MR) is 87.8 cm³/mol. The van der Waals surface area contributed by atoms with E-state index < -0.39 is 0 Å². The van der Waals surface area contributed by atoms with Gasteiger partial charge in [-0.3, -0.25) is 4.79 Å². The molecule has 0 radical (unpaired) electrons. The van der Waals surface area contributed by atoms with Crippen LogP contribution in [0.4, 0.5) is 0 Å². The Morgan fingerprint density at radius 2 is 2.15 bits per heavy atom. The maximum absolute atomic E-state index is 11.9. The first kappa shape index (κ1) is 17.3. The molecular weight excluding hydrogens is 292 g/mol. The van der Waals surface area contributed by atoms with Crippen LogP contribution in [-0.4, -0.2) is 31.3 Å². The molecule has 1 unspecified atom stereocenters. The Morgan fingerprint density at radius 3 is 2.80 bits per heavy atom. The lowest BCUT2D eigenvalue weighted by Gasteiger charge is -2.21. The number of thioether (sulfide) groups is 1. The smallest absolute Gasteiger partial charge is 0.224 e. The molecule has 1 aliphatic heterocycles. The van der Waals surface area contributed by atoms with Gasteiger partial charge in [-0.05, 0) is 38.4 Å². The van der Waals surface area contributed by atoms with Crippen LogP contribution in [0.15, 0.2) is 29.2 Å². The van der Waals surface area contributed by atoms with Crippen molar-refractivity contribution in [1.82, 2.24) is 10.6 Å². The van der Waals surface area contributed by atoms with Crippen molar-refractivity contribution in [3.8, 4) is 0 Å². The number of benzene rings is 1. The van der Waals surface area contributed by atoms with Crippen molar-refractivity contribution in [1.29, 1.82) is 0 Å². The molecular formula is C15H23ClN2OS. The SMILES string of the molecule is Cc1ccc(SCCNC(=O)C2CCCNC2)cc1.Cl. The lowest BCUT2D eigenvalue weighted by atomic mass is 9.99. The molecule has 1 atom stereocenters. The first-order valence-electron chi connectivity index (χ1n) is 6.93. The molecule has 0 spiro atoms. The Labute approximate surface area is 131 Å². The van der Waals surface area contributed by atoms with Gasteiger partial charge in [-0.15, -0.1) is 24.2 Å². The molecule has 1 amide bonds. The van der Waals surface area contributed by atoms with Gasteiger partial charge in [0, 0.05) is 23.7 Å². The molecule has 1 aromatic rings. The molecule has 3 nitrogen and oxygen atoms in total. The van der Waals surface area contributed by atoms with Gasteiger partial charge < -0.3 is 10.6 Å². The average molecular weight is 315 g/mol. The van der Waals surface area contributed by atoms with E-state index in [4.69, 9.17) is 0 Å². The summed E-state index contributed by atoms with van der Waals surface area (Å²) >= 11 is 1.79. The van der Waals surface area contributed by atoms with Gasteiger partial charge in [0.1, 0.15) is 0 Å². The molecule has 2 rings (SSSR count). The van der Waals surface area contributed by atoms with Crippen molar-refractivity contribution in [3.05, 3.63) is 29.8 Å². The summed E-state index contributed by atoms with van der Waals surface area (Å²) in [7, 11) is 0. The Kier molecular flexibility index (Phi) is 8.04. The molecule has 2 N–H and O–H groups in total. The fourth-order valence-corrected chi connectivity index (χ4v) is 2.97. The van der Waals surface area contributed by atoms with Gasteiger partial charge in [0.05, 0.1) is 5.92 Å². The van der Waals surface area contributed by atoms with Gasteiger partial charge in [-0.2, -0.15) is 0 Å². The van der Waals surface area contributed by atoms with E-state index in [1.807, 2.05) is 0 Å². The van der Waals surface area contributed by atoms with E-state index in [9.17, 15) is 4.79 Å². The number of hydrogen-bond donors (Lipinski definition) is 2. The summed E-state index contributed by atoms with van der Waals surface area (Å²) in [6.45, 7) is 4.71. The van der Waals surface area contributed by atoms with Crippen LogP contribution in [0.3, 0.4) is 0 Å². The van der Waals surface area contributed by atoms with E-state index in [1.54, 1.807) is 11.8 Å². The molecule has 1 fully saturated rings. The van der Waals surface area contributed by atoms with Crippen LogP contribution in [0.25, 0.3) is 0 Å². The number of carbonyl (C=O) groups is 1. The van der Waals surface area contributed by atoms with E-state index in [0.717, 1.165) is 38.2 Å². The van der Waals surface area contributed by atoms with Crippen LogP contribution < -0.4 is 10.6 Å². The van der Waals surface area contributed by atoms with E-state index in [-0.39, 0.29) is 24.2 Å². The third-order valence-corrected chi connectivity index (χ3v) is 4.37. The summed E-state index contributed by atoms with van der Waals surface area (Å²) in [4.78, 5) is 13.2. The number of carbonyl (C=O) groups excluding carboxylic acids is 1. The lowest BCUT2D eigenvalue weighted by molar-refractivity contribution is -0.125. The molecule has 0 aliphatic carbocycles. The molecule has 112 valence electrons. The maximum atomic E-state index is 11.9. The number of aryl methyl sites for hydroxylation is 1. The second-order valence-corrected chi connectivity index (χ2v) is 6.16. The topological polar surface area (TPSA) is 41.1 Å². The second kappa shape index (κ2) is 9.27. The highest BCUT2D eigenvalue weighted by Crippen LogP contribution is 2.17. The molecule has 5 heteroatoms. The number of nitrogens with one attached hydrogen (secondary N) is 2. The number of amides is 1. The number of halogens is 1. The first-order valence-corrected chi connectivity index (χ1v) is 7.92. The van der Waals surface area contributed by atoms with Crippen molar-refractivity contribution < 1.29 is 4.79 Å². The van der Waals surface area contributed by atoms with Crippen LogP contribution in [0.5, 0.6) is 0 Å². The molecule has 0 bridgehead atoms. The maximum Gasteiger partial charge on any atom is 0.224 e. The highest BCUT2D eigenvalue weighted by atomic mass is 35.5. The van der Waals surface area contributed by atoms with Gasteiger partial charge in [0.2, 0.25) is 5.91 Å². The molecule has 1 saturated heterocycles. The van der Waals surface area contributed by atoms with Crippen molar-refractivity contribution >= 4 is 30.1 Å². The van der Waals surface area contributed by atoms with Crippen LogP contribution in [-0.2, 0) is 4.79 Å². The van der Waals surface area contributed by atoms with E-state index in [1.165, 1.54) is 10.5 Å². The molecule has 1 aliphatic rings. The fourth-order valence-electron chi connectivity index (χ4n) is 2.20. The van der Waals surface area contributed by atoms with E-state index in [0.29, 0.717) is 0 Å². The van der Waals surface area contributed by atoms with Crippen molar-refractivity contribution in [2.24, 2.45) is 5.92 Å². The van der Waals surface area contributed by atoms with Crippen molar-refractivity contribution in [2.75, 3.05) is 25.4 Å². The summed E-state index contributed by atoms with van der Waals surface area (Å²) < 4.78 is 0. The summed E-state index contributed by atoms with van der Waals surface area (Å²) in [6, 6.07) is 8.50. The highest BCUT2D eigenvalue weighted by molar-refractivity contribution is 7.99. The van der Waals surface area contributed by atoms with Gasteiger partial charge in [0.25, 0.3) is 0 Å². The molecule has 0 saturated carbocycles. The van der Waals surface area contributed by atoms with Gasteiger partial charge >= 0.3 is 0 Å². The van der Waals surface area contributed by atoms with Crippen LogP contribution in [0.1, 0.15) is 18.4 Å². The molecule has 20 heavy (non-hydrogen) atoms. The number of rotatable bonds is 5. The summed E-state index contributed by atoms with van der Waals surface area (Å²) in [5.41, 5.74) is 1.28. The van der Waals surface area contributed by atoms with Crippen molar-refractivity contribution in [3.63, 3.8) is 0 Å². The largest absolute Gasteiger partial charge is 0.355 e. The van der Waals surface area contributed by atoms with Gasteiger partial charge in [-0.25, -0.2) is 0 Å². The fraction of sp³-hybridized carbons (Fsp3) is 0.533. The van der Waals surface area contributed by atoms with Gasteiger partial charge in [-0.1, -0.05) is 17.7 Å². The Bertz CT molecular complexity index is 405. The Morgan fingerprint density at radius 1 is 1.40 bits per heavy atom. The predicted octanol–water partition coefficient (Wildman–Crippen LogP) is 2.62. The monoisotopic (exact) mass is 314 g/mol. The van der Waals surface area contributed by atoms with Gasteiger partial charge in [0.15, 0.2) is 0 Å². The number of piperidine rings is 1. The third kappa shape index (κ3) is 5.73. The van der Waals surface area contributed by atoms with Crippen LogP contribution >= 0.6 is 24.2 Å². The van der Waals surface area contributed by atoms with Crippen LogP contribution in [0, 0.1) is 12.8 Å². The molecule has 0 aromatic heterocycles. The summed E-state index contributed by atoms with van der Waals surface area (Å²) in [5, 5.41) is 6.31. The zero-order valence-corrected chi connectivity index (χ0v) is 13.5. The minimum Gasteiger partial charge on any atom is -0.355 e. The standard InChI is InChI=1S/C15H22N2OS.ClH/c1-12-4-6-14(7-5-12)19-10-9-17-15(18)13-3-2-8-16-11-13;/h4-7,13,16H,2-3,8-11H2,1H3,(H,17,18);1H. The number of hydrogen-bond acceptors (Lipinski definition) is 3. The third-order valence-electron chi connectivity index (χ3n) is 3.36. The zero-order chi connectivity index (χ0) is 13.5. The van der Waals surface area contributed by atoms with Crippen molar-refractivity contribution in [2.45, 2.75) is 24.7 Å². The zero-order valence-electron chi connectivity index (χ0n) is 11.9. The average Bonchev–Trinajstić information content (AvgIpc) is 2.46. The Hall–Kier alpha value is -0.710. The normalized spacial score (nSPS) is 18.1. The molecule has 1 heterocycles. The summed E-state index contributed by atoms with van der Waals surface area (Å²) in [6.07, 6.45) is 2.13. The summed E-state index contributed by atoms with van der Waals surface area (Å²) in [5.74, 6) is 1.30. The lowest BCUT2D eigenvalue weighted by Crippen LogP contribution is -2.41. The minimum atomic E-state index is 0. The van der Waals surface area contributed by atoms with Crippen LogP contribution in [0.2, 0.25) is 0 Å². The highest BCUT2D eigenvalue weighted by Gasteiger charge is 2.19. The Balaban J connectivity index is 0.00000200. The quantitative estimate of drug-likeness (QED) is 0.648. The first-order chi connectivity index (χ1) is 9.25.